The largest absolute Gasteiger partial charge is 0.333 e. The third-order valence-corrected chi connectivity index (χ3v) is 4.03. The van der Waals surface area contributed by atoms with Gasteiger partial charge in [-0.1, -0.05) is 6.07 Å². The average molecular weight is 314 g/mol. The Labute approximate surface area is 133 Å². The van der Waals surface area contributed by atoms with Crippen LogP contribution in [-0.2, 0) is 20.0 Å². The Morgan fingerprint density at radius 2 is 2.09 bits per heavy atom. The van der Waals surface area contributed by atoms with Crippen LogP contribution < -0.4 is 5.48 Å². The van der Waals surface area contributed by atoms with Crippen molar-refractivity contribution in [3.8, 4) is 0 Å². The van der Waals surface area contributed by atoms with Crippen molar-refractivity contribution in [3.63, 3.8) is 0 Å². The molecule has 7 nitrogen and oxygen atoms in total. The lowest BCUT2D eigenvalue weighted by Gasteiger charge is -2.19. The smallest absolute Gasteiger partial charge is 0.274 e. The molecule has 2 N–H and O–H groups in total. The van der Waals surface area contributed by atoms with E-state index < -0.39 is 5.91 Å². The van der Waals surface area contributed by atoms with E-state index in [0.717, 1.165) is 24.0 Å². The third-order valence-electron chi connectivity index (χ3n) is 4.03. The number of benzene rings is 1. The van der Waals surface area contributed by atoms with E-state index in [-0.39, 0.29) is 5.91 Å². The van der Waals surface area contributed by atoms with Crippen LogP contribution >= 0.6 is 0 Å². The molecule has 0 saturated heterocycles. The zero-order valence-corrected chi connectivity index (χ0v) is 12.8. The molecule has 120 valence electrons. The van der Waals surface area contributed by atoms with E-state index in [2.05, 4.69) is 5.10 Å². The highest BCUT2D eigenvalue weighted by atomic mass is 16.5. The molecule has 23 heavy (non-hydrogen) atoms. The van der Waals surface area contributed by atoms with Crippen molar-refractivity contribution >= 4 is 11.8 Å². The van der Waals surface area contributed by atoms with Gasteiger partial charge in [-0.05, 0) is 42.2 Å². The number of hydrogen-bond donors (Lipinski definition) is 2. The summed E-state index contributed by atoms with van der Waals surface area (Å²) in [6, 6.07) is 6.97. The summed E-state index contributed by atoms with van der Waals surface area (Å²) in [5.41, 5.74) is 4.54. The van der Waals surface area contributed by atoms with Gasteiger partial charge in [-0.25, -0.2) is 5.48 Å². The van der Waals surface area contributed by atoms with Crippen LogP contribution in [0.15, 0.2) is 30.5 Å². The molecule has 2 aromatic rings. The number of rotatable bonds is 2. The molecule has 1 aromatic carbocycles. The standard InChI is InChI=1S/C16H18N4O3/c1-19-8-6-14(17-19)16(22)20-7-2-3-11-9-12(15(21)18-23)4-5-13(11)10-20/h4-6,8-9,23H,2-3,7,10H2,1H3,(H,18,21). The van der Waals surface area contributed by atoms with Crippen LogP contribution in [0.4, 0.5) is 0 Å². The first kappa shape index (κ1) is 15.2. The van der Waals surface area contributed by atoms with Crippen molar-refractivity contribution in [1.29, 1.82) is 0 Å². The Bertz CT molecular complexity index is 754. The summed E-state index contributed by atoms with van der Waals surface area (Å²) in [7, 11) is 1.78. The number of aromatic nitrogens is 2. The minimum atomic E-state index is -0.529. The van der Waals surface area contributed by atoms with Crippen LogP contribution in [-0.4, -0.2) is 38.2 Å². The van der Waals surface area contributed by atoms with Gasteiger partial charge in [-0.2, -0.15) is 5.10 Å². The summed E-state index contributed by atoms with van der Waals surface area (Å²) >= 11 is 0. The molecule has 1 aliphatic heterocycles. The SMILES string of the molecule is Cn1ccc(C(=O)N2CCCc3cc(C(=O)NO)ccc3C2)n1. The van der Waals surface area contributed by atoms with Gasteiger partial charge in [0.1, 0.15) is 5.69 Å². The molecule has 0 saturated carbocycles. The first-order valence-electron chi connectivity index (χ1n) is 7.43. The van der Waals surface area contributed by atoms with Gasteiger partial charge < -0.3 is 4.90 Å². The summed E-state index contributed by atoms with van der Waals surface area (Å²) in [6.07, 6.45) is 3.35. The number of nitrogens with one attached hydrogen (secondary N) is 1. The highest BCUT2D eigenvalue weighted by Crippen LogP contribution is 2.21. The second kappa shape index (κ2) is 6.21. The van der Waals surface area contributed by atoms with E-state index in [1.54, 1.807) is 46.5 Å². The van der Waals surface area contributed by atoms with E-state index in [0.29, 0.717) is 24.3 Å². The van der Waals surface area contributed by atoms with E-state index in [1.807, 2.05) is 6.07 Å². The normalized spacial score (nSPS) is 14.1. The molecule has 2 heterocycles. The molecule has 0 radical (unpaired) electrons. The number of aryl methyl sites for hydroxylation is 2. The van der Waals surface area contributed by atoms with E-state index in [1.165, 1.54) is 0 Å². The van der Waals surface area contributed by atoms with Crippen LogP contribution in [0.5, 0.6) is 0 Å². The van der Waals surface area contributed by atoms with Crippen molar-refractivity contribution in [1.82, 2.24) is 20.2 Å². The molecular weight excluding hydrogens is 296 g/mol. The van der Waals surface area contributed by atoms with Crippen LogP contribution in [0.25, 0.3) is 0 Å². The maximum atomic E-state index is 12.6. The average Bonchev–Trinajstić information content (AvgIpc) is 2.88. The van der Waals surface area contributed by atoms with Gasteiger partial charge in [-0.15, -0.1) is 0 Å². The summed E-state index contributed by atoms with van der Waals surface area (Å²) in [5, 5.41) is 12.9. The molecule has 1 aliphatic rings. The van der Waals surface area contributed by atoms with Gasteiger partial charge in [0.15, 0.2) is 0 Å². The topological polar surface area (TPSA) is 87.5 Å². The van der Waals surface area contributed by atoms with Gasteiger partial charge >= 0.3 is 0 Å². The maximum Gasteiger partial charge on any atom is 0.274 e. The van der Waals surface area contributed by atoms with Gasteiger partial charge in [0.05, 0.1) is 0 Å². The molecule has 3 rings (SSSR count). The van der Waals surface area contributed by atoms with Gasteiger partial charge in [0, 0.05) is 31.9 Å². The molecule has 2 amide bonds. The van der Waals surface area contributed by atoms with Crippen molar-refractivity contribution < 1.29 is 14.8 Å². The fraction of sp³-hybridized carbons (Fsp3) is 0.312. The van der Waals surface area contributed by atoms with Crippen LogP contribution in [0.3, 0.4) is 0 Å². The number of hydroxylamine groups is 1. The van der Waals surface area contributed by atoms with Crippen LogP contribution in [0.2, 0.25) is 0 Å². The highest BCUT2D eigenvalue weighted by Gasteiger charge is 2.22. The molecule has 1 aromatic heterocycles. The number of carbonyl (C=O) groups excluding carboxylic acids is 2. The molecule has 0 atom stereocenters. The van der Waals surface area contributed by atoms with Gasteiger partial charge in [0.2, 0.25) is 0 Å². The molecule has 0 unspecified atom stereocenters. The number of hydrogen-bond acceptors (Lipinski definition) is 4. The Kier molecular flexibility index (Phi) is 4.12. The predicted molar refractivity (Wildman–Crippen MR) is 82.0 cm³/mol. The highest BCUT2D eigenvalue weighted by molar-refractivity contribution is 5.94. The second-order valence-electron chi connectivity index (χ2n) is 5.63. The predicted octanol–water partition coefficient (Wildman–Crippen LogP) is 1.13. The van der Waals surface area contributed by atoms with Gasteiger partial charge in [0.25, 0.3) is 11.8 Å². The molecule has 0 spiro atoms. The second-order valence-corrected chi connectivity index (χ2v) is 5.63. The summed E-state index contributed by atoms with van der Waals surface area (Å²) in [6.45, 7) is 1.14. The summed E-state index contributed by atoms with van der Waals surface area (Å²) in [5.74, 6) is -0.617. The minimum Gasteiger partial charge on any atom is -0.333 e. The lowest BCUT2D eigenvalue weighted by atomic mass is 10.0. The Balaban J connectivity index is 1.83. The van der Waals surface area contributed by atoms with Crippen molar-refractivity contribution in [2.75, 3.05) is 6.54 Å². The first-order valence-corrected chi connectivity index (χ1v) is 7.43. The number of carbonyl (C=O) groups is 2. The lowest BCUT2D eigenvalue weighted by Crippen LogP contribution is -2.31. The van der Waals surface area contributed by atoms with Crippen LogP contribution in [0.1, 0.15) is 38.4 Å². The molecule has 0 fully saturated rings. The monoisotopic (exact) mass is 314 g/mol. The summed E-state index contributed by atoms with van der Waals surface area (Å²) < 4.78 is 1.61. The molecular formula is C16H18N4O3. The fourth-order valence-electron chi connectivity index (χ4n) is 2.83. The first-order chi connectivity index (χ1) is 11.1. The van der Waals surface area contributed by atoms with Gasteiger partial charge in [-0.3, -0.25) is 19.5 Å². The van der Waals surface area contributed by atoms with Crippen LogP contribution in [0, 0.1) is 0 Å². The van der Waals surface area contributed by atoms with E-state index in [9.17, 15) is 9.59 Å². The Hall–Kier alpha value is -2.67. The lowest BCUT2D eigenvalue weighted by molar-refractivity contribution is 0.0705. The number of nitrogens with zero attached hydrogens (tertiary/aromatic N) is 3. The fourth-order valence-corrected chi connectivity index (χ4v) is 2.83. The zero-order chi connectivity index (χ0) is 16.4. The Morgan fingerprint density at radius 3 is 2.78 bits per heavy atom. The van der Waals surface area contributed by atoms with Crippen molar-refractivity contribution in [2.45, 2.75) is 19.4 Å². The maximum absolute atomic E-state index is 12.6. The zero-order valence-electron chi connectivity index (χ0n) is 12.8. The molecule has 0 bridgehead atoms. The number of fused-ring (bicyclic) bond motifs is 1. The van der Waals surface area contributed by atoms with E-state index in [4.69, 9.17) is 5.21 Å². The van der Waals surface area contributed by atoms with Crippen molar-refractivity contribution in [2.24, 2.45) is 7.05 Å². The quantitative estimate of drug-likeness (QED) is 0.642. The van der Waals surface area contributed by atoms with Crippen molar-refractivity contribution in [3.05, 3.63) is 52.8 Å². The number of amides is 2. The molecule has 7 heteroatoms. The summed E-state index contributed by atoms with van der Waals surface area (Å²) in [4.78, 5) is 25.8. The minimum absolute atomic E-state index is 0.0874. The Morgan fingerprint density at radius 1 is 1.26 bits per heavy atom. The third kappa shape index (κ3) is 3.09. The van der Waals surface area contributed by atoms with E-state index >= 15 is 0 Å². The molecule has 0 aliphatic carbocycles.